The molecule has 1 rings (SSSR count). The van der Waals surface area contributed by atoms with E-state index in [-0.39, 0.29) is 17.6 Å². The second kappa shape index (κ2) is 6.41. The number of halogens is 2. The van der Waals surface area contributed by atoms with E-state index in [9.17, 15) is 12.8 Å². The second-order valence-electron chi connectivity index (χ2n) is 5.77. The first kappa shape index (κ1) is 17.4. The molecule has 0 amide bonds. The zero-order valence-corrected chi connectivity index (χ0v) is 13.8. The molecule has 0 saturated heterocycles. The van der Waals surface area contributed by atoms with Crippen LogP contribution in [0, 0.1) is 5.82 Å². The average Bonchev–Trinajstić information content (AvgIpc) is 2.26. The molecule has 0 aliphatic rings. The van der Waals surface area contributed by atoms with Gasteiger partial charge >= 0.3 is 0 Å². The Kier molecular flexibility index (Phi) is 5.58. The monoisotopic (exact) mass is 321 g/mol. The lowest BCUT2D eigenvalue weighted by Crippen LogP contribution is -2.35. The van der Waals surface area contributed by atoms with Gasteiger partial charge in [0.2, 0.25) is 0 Å². The van der Waals surface area contributed by atoms with Crippen LogP contribution in [-0.2, 0) is 9.84 Å². The van der Waals surface area contributed by atoms with Crippen LogP contribution in [0.3, 0.4) is 0 Å². The molecule has 6 heteroatoms. The Labute approximate surface area is 125 Å². The van der Waals surface area contributed by atoms with Gasteiger partial charge in [0.15, 0.2) is 9.84 Å². The molecule has 1 aromatic carbocycles. The van der Waals surface area contributed by atoms with Crippen molar-refractivity contribution in [2.24, 2.45) is 0 Å². The Morgan fingerprint density at radius 3 is 2.45 bits per heavy atom. The SMILES string of the molecule is C[C@H](NCCS(=O)(=O)C(C)(C)C)c1ccc(F)cc1Cl. The summed E-state index contributed by atoms with van der Waals surface area (Å²) in [7, 11) is -3.15. The van der Waals surface area contributed by atoms with Gasteiger partial charge < -0.3 is 5.32 Å². The predicted molar refractivity (Wildman–Crippen MR) is 81.4 cm³/mol. The van der Waals surface area contributed by atoms with Crippen molar-refractivity contribution < 1.29 is 12.8 Å². The molecule has 114 valence electrons. The summed E-state index contributed by atoms with van der Waals surface area (Å²) in [5.74, 6) is -0.333. The van der Waals surface area contributed by atoms with Crippen LogP contribution in [-0.4, -0.2) is 25.5 Å². The van der Waals surface area contributed by atoms with Gasteiger partial charge in [-0.1, -0.05) is 17.7 Å². The maximum atomic E-state index is 13.0. The topological polar surface area (TPSA) is 46.2 Å². The van der Waals surface area contributed by atoms with E-state index >= 15 is 0 Å². The van der Waals surface area contributed by atoms with E-state index in [4.69, 9.17) is 11.6 Å². The summed E-state index contributed by atoms with van der Waals surface area (Å²) in [5.41, 5.74) is 0.751. The van der Waals surface area contributed by atoms with E-state index in [1.165, 1.54) is 12.1 Å². The highest BCUT2D eigenvalue weighted by atomic mass is 35.5. The molecule has 1 aromatic rings. The molecule has 0 aliphatic heterocycles. The molecule has 0 spiro atoms. The van der Waals surface area contributed by atoms with Gasteiger partial charge in [-0.05, 0) is 45.4 Å². The Bertz CT molecular complexity index is 567. The summed E-state index contributed by atoms with van der Waals surface area (Å²) in [4.78, 5) is 0. The van der Waals surface area contributed by atoms with Crippen LogP contribution in [0.1, 0.15) is 39.3 Å². The number of hydrogen-bond donors (Lipinski definition) is 1. The van der Waals surface area contributed by atoms with Crippen molar-refractivity contribution in [1.82, 2.24) is 5.32 Å². The molecule has 0 bridgehead atoms. The van der Waals surface area contributed by atoms with Crippen molar-refractivity contribution in [3.05, 3.63) is 34.6 Å². The summed E-state index contributed by atoms with van der Waals surface area (Å²) < 4.78 is 36.1. The minimum absolute atomic E-state index is 0.0552. The molecule has 0 saturated carbocycles. The van der Waals surface area contributed by atoms with Crippen LogP contribution >= 0.6 is 11.6 Å². The zero-order valence-electron chi connectivity index (χ0n) is 12.2. The number of benzene rings is 1. The minimum atomic E-state index is -3.15. The lowest BCUT2D eigenvalue weighted by Gasteiger charge is -2.21. The molecular weight excluding hydrogens is 301 g/mol. The van der Waals surface area contributed by atoms with Crippen molar-refractivity contribution >= 4 is 21.4 Å². The van der Waals surface area contributed by atoms with Crippen LogP contribution in [0.25, 0.3) is 0 Å². The highest BCUT2D eigenvalue weighted by Crippen LogP contribution is 2.23. The largest absolute Gasteiger partial charge is 0.309 e. The highest BCUT2D eigenvalue weighted by molar-refractivity contribution is 7.92. The quantitative estimate of drug-likeness (QED) is 0.904. The summed E-state index contributed by atoms with van der Waals surface area (Å²) in [5, 5.41) is 3.44. The third kappa shape index (κ3) is 4.43. The summed E-state index contributed by atoms with van der Waals surface area (Å²) in [6.45, 7) is 7.24. The fourth-order valence-corrected chi connectivity index (χ4v) is 3.01. The Balaban J connectivity index is 2.63. The molecule has 0 heterocycles. The van der Waals surface area contributed by atoms with E-state index in [1.54, 1.807) is 26.8 Å². The van der Waals surface area contributed by atoms with Crippen molar-refractivity contribution in [1.29, 1.82) is 0 Å². The van der Waals surface area contributed by atoms with Gasteiger partial charge in [0.1, 0.15) is 5.82 Å². The number of nitrogens with one attached hydrogen (secondary N) is 1. The van der Waals surface area contributed by atoms with E-state index in [1.807, 2.05) is 6.92 Å². The van der Waals surface area contributed by atoms with Crippen molar-refractivity contribution in [2.75, 3.05) is 12.3 Å². The predicted octanol–water partition coefficient (Wildman–Crippen LogP) is 3.34. The molecule has 0 fully saturated rings. The number of hydrogen-bond acceptors (Lipinski definition) is 3. The van der Waals surface area contributed by atoms with Gasteiger partial charge in [-0.25, -0.2) is 12.8 Å². The van der Waals surface area contributed by atoms with Crippen LogP contribution in [0.2, 0.25) is 5.02 Å². The van der Waals surface area contributed by atoms with E-state index in [0.717, 1.165) is 5.56 Å². The average molecular weight is 322 g/mol. The molecule has 0 unspecified atom stereocenters. The molecule has 0 radical (unpaired) electrons. The number of sulfone groups is 1. The van der Waals surface area contributed by atoms with E-state index in [0.29, 0.717) is 11.6 Å². The van der Waals surface area contributed by atoms with Gasteiger partial charge in [0.05, 0.1) is 10.5 Å². The Hall–Kier alpha value is -0.650. The minimum Gasteiger partial charge on any atom is -0.309 e. The van der Waals surface area contributed by atoms with E-state index < -0.39 is 14.6 Å². The van der Waals surface area contributed by atoms with Crippen molar-refractivity contribution in [3.8, 4) is 0 Å². The van der Waals surface area contributed by atoms with Crippen LogP contribution in [0.4, 0.5) is 4.39 Å². The third-order valence-electron chi connectivity index (χ3n) is 3.18. The fourth-order valence-electron chi connectivity index (χ4n) is 1.68. The van der Waals surface area contributed by atoms with Crippen LogP contribution in [0.15, 0.2) is 18.2 Å². The molecular formula is C14H21ClFNO2S. The summed E-state index contributed by atoms with van der Waals surface area (Å²) in [6.07, 6.45) is 0. The first-order valence-electron chi connectivity index (χ1n) is 6.45. The van der Waals surface area contributed by atoms with Crippen LogP contribution in [0.5, 0.6) is 0 Å². The molecule has 20 heavy (non-hydrogen) atoms. The van der Waals surface area contributed by atoms with Crippen molar-refractivity contribution in [2.45, 2.75) is 38.5 Å². The maximum absolute atomic E-state index is 13.0. The molecule has 1 N–H and O–H groups in total. The first-order chi connectivity index (χ1) is 9.04. The summed E-state index contributed by atoms with van der Waals surface area (Å²) >= 11 is 5.97. The van der Waals surface area contributed by atoms with Gasteiger partial charge in [-0.3, -0.25) is 0 Å². The smallest absolute Gasteiger partial charge is 0.156 e. The molecule has 3 nitrogen and oxygen atoms in total. The maximum Gasteiger partial charge on any atom is 0.156 e. The fraction of sp³-hybridized carbons (Fsp3) is 0.571. The Morgan fingerprint density at radius 1 is 1.35 bits per heavy atom. The highest BCUT2D eigenvalue weighted by Gasteiger charge is 2.28. The van der Waals surface area contributed by atoms with Crippen molar-refractivity contribution in [3.63, 3.8) is 0 Å². The molecule has 1 atom stereocenters. The van der Waals surface area contributed by atoms with Gasteiger partial charge in [-0.15, -0.1) is 0 Å². The van der Waals surface area contributed by atoms with Gasteiger partial charge in [0.25, 0.3) is 0 Å². The Morgan fingerprint density at radius 2 is 1.95 bits per heavy atom. The normalized spacial score (nSPS) is 14.3. The molecule has 0 aromatic heterocycles. The lowest BCUT2D eigenvalue weighted by atomic mass is 10.1. The van der Waals surface area contributed by atoms with Crippen LogP contribution < -0.4 is 5.32 Å². The third-order valence-corrected chi connectivity index (χ3v) is 6.12. The number of rotatable bonds is 5. The zero-order chi connectivity index (χ0) is 15.6. The van der Waals surface area contributed by atoms with Gasteiger partial charge in [-0.2, -0.15) is 0 Å². The summed E-state index contributed by atoms with van der Waals surface area (Å²) in [6, 6.07) is 4.05. The second-order valence-corrected chi connectivity index (χ2v) is 9.04. The van der Waals surface area contributed by atoms with Gasteiger partial charge in [0, 0.05) is 17.6 Å². The first-order valence-corrected chi connectivity index (χ1v) is 8.48. The standard InChI is InChI=1S/C14H21ClFNO2S/c1-10(12-6-5-11(16)9-13(12)15)17-7-8-20(18,19)14(2,3)4/h5-6,9-10,17H,7-8H2,1-4H3/t10-/m0/s1. The lowest BCUT2D eigenvalue weighted by molar-refractivity contribution is 0.546. The van der Waals surface area contributed by atoms with E-state index in [2.05, 4.69) is 5.32 Å². The molecule has 0 aliphatic carbocycles.